The highest BCUT2D eigenvalue weighted by molar-refractivity contribution is 7.89. The molecule has 2 aliphatic rings. The van der Waals surface area contributed by atoms with Crippen molar-refractivity contribution in [3.8, 4) is 0 Å². The van der Waals surface area contributed by atoms with Gasteiger partial charge in [-0.05, 0) is 12.8 Å². The molecule has 2 rings (SSSR count). The summed E-state index contributed by atoms with van der Waals surface area (Å²) < 4.78 is 23.5. The van der Waals surface area contributed by atoms with Crippen LogP contribution in [0.2, 0.25) is 0 Å². The Morgan fingerprint density at radius 1 is 1.44 bits per heavy atom. The molecular formula is C5H9NO2S. The van der Waals surface area contributed by atoms with E-state index in [2.05, 4.69) is 0 Å². The molecule has 0 amide bonds. The summed E-state index contributed by atoms with van der Waals surface area (Å²) in [6.07, 6.45) is 1.95. The molecule has 9 heavy (non-hydrogen) atoms. The van der Waals surface area contributed by atoms with Crippen LogP contribution in [-0.4, -0.2) is 31.1 Å². The van der Waals surface area contributed by atoms with E-state index in [1.807, 2.05) is 0 Å². The van der Waals surface area contributed by atoms with Crippen LogP contribution >= 0.6 is 0 Å². The van der Waals surface area contributed by atoms with Crippen molar-refractivity contribution in [3.05, 3.63) is 0 Å². The highest BCUT2D eigenvalue weighted by Gasteiger charge is 2.45. The van der Waals surface area contributed by atoms with Crippen LogP contribution in [0, 0.1) is 0 Å². The lowest BCUT2D eigenvalue weighted by Crippen LogP contribution is -2.22. The van der Waals surface area contributed by atoms with Gasteiger partial charge in [-0.1, -0.05) is 0 Å². The molecule has 0 N–H and O–H groups in total. The lowest BCUT2D eigenvalue weighted by molar-refractivity contribution is 0.524. The summed E-state index contributed by atoms with van der Waals surface area (Å²) in [6, 6.07) is 0.392. The van der Waals surface area contributed by atoms with E-state index in [9.17, 15) is 8.42 Å². The molecular weight excluding hydrogens is 138 g/mol. The molecule has 0 saturated carbocycles. The average molecular weight is 147 g/mol. The summed E-state index contributed by atoms with van der Waals surface area (Å²) in [5.74, 6) is 0.378. The quantitative estimate of drug-likeness (QED) is 0.445. The third kappa shape index (κ3) is 0.773. The third-order valence-corrected chi connectivity index (χ3v) is 3.93. The highest BCUT2D eigenvalue weighted by Crippen LogP contribution is 2.31. The van der Waals surface area contributed by atoms with Gasteiger partial charge in [0.15, 0.2) is 0 Å². The third-order valence-electron chi connectivity index (χ3n) is 1.96. The van der Waals surface area contributed by atoms with Crippen molar-refractivity contribution in [3.63, 3.8) is 0 Å². The molecule has 0 bridgehead atoms. The lowest BCUT2D eigenvalue weighted by atomic mass is 10.3. The molecule has 2 saturated heterocycles. The Bertz CT molecular complexity index is 221. The minimum Gasteiger partial charge on any atom is -0.212 e. The molecule has 0 aromatic carbocycles. The Morgan fingerprint density at radius 2 is 2.22 bits per heavy atom. The van der Waals surface area contributed by atoms with Crippen molar-refractivity contribution >= 4 is 10.0 Å². The molecule has 3 nitrogen and oxygen atoms in total. The molecule has 0 radical (unpaired) electrons. The highest BCUT2D eigenvalue weighted by atomic mass is 32.2. The molecule has 2 heterocycles. The number of hydrogen-bond acceptors (Lipinski definition) is 2. The van der Waals surface area contributed by atoms with Crippen molar-refractivity contribution in [2.24, 2.45) is 0 Å². The second-order valence-electron chi connectivity index (χ2n) is 2.68. The fourth-order valence-electron chi connectivity index (χ4n) is 1.36. The SMILES string of the molecule is O=S1(=O)CCCC2CN21. The van der Waals surface area contributed by atoms with Crippen LogP contribution in [-0.2, 0) is 10.0 Å². The number of rotatable bonds is 0. The van der Waals surface area contributed by atoms with Gasteiger partial charge in [-0.2, -0.15) is 4.31 Å². The van der Waals surface area contributed by atoms with Gasteiger partial charge in [0.1, 0.15) is 0 Å². The van der Waals surface area contributed by atoms with E-state index in [0.717, 1.165) is 19.4 Å². The first kappa shape index (κ1) is 5.68. The number of fused-ring (bicyclic) bond motifs is 1. The zero-order chi connectivity index (χ0) is 6.48. The standard InChI is InChI=1S/C5H9NO2S/c7-9(8)3-1-2-5-4-6(5)9/h5H,1-4H2. The van der Waals surface area contributed by atoms with Crippen molar-refractivity contribution in [2.75, 3.05) is 12.3 Å². The largest absolute Gasteiger partial charge is 0.214 e. The van der Waals surface area contributed by atoms with Crippen LogP contribution in [0.1, 0.15) is 12.8 Å². The Kier molecular flexibility index (Phi) is 0.941. The molecule has 2 unspecified atom stereocenters. The Labute approximate surface area is 54.7 Å². The summed E-state index contributed by atoms with van der Waals surface area (Å²) in [5.41, 5.74) is 0. The van der Waals surface area contributed by atoms with Crippen LogP contribution in [0.5, 0.6) is 0 Å². The van der Waals surface area contributed by atoms with Gasteiger partial charge >= 0.3 is 0 Å². The first-order chi connectivity index (χ1) is 4.20. The molecule has 0 aliphatic carbocycles. The van der Waals surface area contributed by atoms with Crippen molar-refractivity contribution < 1.29 is 8.42 Å². The fourth-order valence-corrected chi connectivity index (χ4v) is 3.08. The van der Waals surface area contributed by atoms with Gasteiger partial charge < -0.3 is 0 Å². The molecule has 2 atom stereocenters. The molecule has 2 fully saturated rings. The Hall–Kier alpha value is -0.0900. The molecule has 4 heteroatoms. The van der Waals surface area contributed by atoms with E-state index in [1.54, 1.807) is 4.31 Å². The molecule has 0 aromatic rings. The maximum absolute atomic E-state index is 10.9. The van der Waals surface area contributed by atoms with Crippen LogP contribution in [0.25, 0.3) is 0 Å². The van der Waals surface area contributed by atoms with E-state index in [4.69, 9.17) is 0 Å². The van der Waals surface area contributed by atoms with Crippen LogP contribution in [0.15, 0.2) is 0 Å². The smallest absolute Gasteiger partial charge is 0.212 e. The van der Waals surface area contributed by atoms with E-state index < -0.39 is 10.0 Å². The van der Waals surface area contributed by atoms with Gasteiger partial charge in [0.05, 0.1) is 5.75 Å². The summed E-state index contributed by atoms with van der Waals surface area (Å²) in [5, 5.41) is 0. The monoisotopic (exact) mass is 147 g/mol. The van der Waals surface area contributed by atoms with Gasteiger partial charge in [-0.25, -0.2) is 8.42 Å². The van der Waals surface area contributed by atoms with E-state index in [-0.39, 0.29) is 0 Å². The predicted molar refractivity (Wildman–Crippen MR) is 33.5 cm³/mol. The minimum atomic E-state index is -2.75. The maximum atomic E-state index is 10.9. The minimum absolute atomic E-state index is 0.378. The van der Waals surface area contributed by atoms with E-state index in [1.165, 1.54) is 0 Å². The van der Waals surface area contributed by atoms with Gasteiger partial charge in [-0.3, -0.25) is 0 Å². The Morgan fingerprint density at radius 3 is 2.78 bits per heavy atom. The second-order valence-corrected chi connectivity index (χ2v) is 4.72. The zero-order valence-electron chi connectivity index (χ0n) is 5.08. The Balaban J connectivity index is 2.28. The summed E-state index contributed by atoms with van der Waals surface area (Å²) in [6.45, 7) is 0.794. The lowest BCUT2D eigenvalue weighted by Gasteiger charge is -2.09. The summed E-state index contributed by atoms with van der Waals surface area (Å²) >= 11 is 0. The van der Waals surface area contributed by atoms with Gasteiger partial charge in [0.25, 0.3) is 0 Å². The van der Waals surface area contributed by atoms with Crippen LogP contribution in [0.3, 0.4) is 0 Å². The number of sulfonamides is 1. The van der Waals surface area contributed by atoms with Gasteiger partial charge in [0.2, 0.25) is 10.0 Å². The van der Waals surface area contributed by atoms with Crippen LogP contribution in [0.4, 0.5) is 0 Å². The summed E-state index contributed by atoms with van der Waals surface area (Å²) in [4.78, 5) is 0. The summed E-state index contributed by atoms with van der Waals surface area (Å²) in [7, 11) is -2.75. The maximum Gasteiger partial charge on any atom is 0.214 e. The van der Waals surface area contributed by atoms with Crippen molar-refractivity contribution in [1.82, 2.24) is 4.31 Å². The average Bonchev–Trinajstić information content (AvgIpc) is 2.43. The molecule has 0 aromatic heterocycles. The zero-order valence-corrected chi connectivity index (χ0v) is 5.89. The molecule has 0 spiro atoms. The molecule has 2 aliphatic heterocycles. The number of nitrogens with zero attached hydrogens (tertiary/aromatic N) is 1. The van der Waals surface area contributed by atoms with E-state index in [0.29, 0.717) is 11.8 Å². The fraction of sp³-hybridized carbons (Fsp3) is 1.00. The normalized spacial score (nSPS) is 45.8. The number of hydrogen-bond donors (Lipinski definition) is 0. The topological polar surface area (TPSA) is 37.1 Å². The predicted octanol–water partition coefficient (Wildman–Crippen LogP) is -0.206. The first-order valence-electron chi connectivity index (χ1n) is 3.20. The molecule has 52 valence electrons. The first-order valence-corrected chi connectivity index (χ1v) is 4.80. The van der Waals surface area contributed by atoms with Gasteiger partial charge in [-0.15, -0.1) is 0 Å². The second kappa shape index (κ2) is 1.49. The van der Waals surface area contributed by atoms with Gasteiger partial charge in [0, 0.05) is 12.6 Å². The van der Waals surface area contributed by atoms with Crippen LogP contribution < -0.4 is 0 Å². The van der Waals surface area contributed by atoms with Crippen molar-refractivity contribution in [1.29, 1.82) is 0 Å². The van der Waals surface area contributed by atoms with Crippen molar-refractivity contribution in [2.45, 2.75) is 18.9 Å². The van der Waals surface area contributed by atoms with E-state index >= 15 is 0 Å².